The van der Waals surface area contributed by atoms with Crippen LogP contribution in [-0.4, -0.2) is 24.5 Å². The van der Waals surface area contributed by atoms with Crippen LogP contribution < -0.4 is 15.8 Å². The van der Waals surface area contributed by atoms with Gasteiger partial charge in [-0.05, 0) is 25.0 Å². The van der Waals surface area contributed by atoms with Gasteiger partial charge in [0.05, 0.1) is 5.56 Å². The summed E-state index contributed by atoms with van der Waals surface area (Å²) >= 11 is 0. The highest BCUT2D eigenvalue weighted by Crippen LogP contribution is 2.21. The number of hydrogen-bond acceptors (Lipinski definition) is 3. The molecule has 0 heterocycles. The van der Waals surface area contributed by atoms with Gasteiger partial charge in [-0.15, -0.1) is 0 Å². The number of nitrogens with one attached hydrogen (secondary N) is 1. The SMILES string of the molecule is NC(=O)COc1ccccc1C(=O)NC1CCCCCC1. The highest BCUT2D eigenvalue weighted by molar-refractivity contribution is 5.97. The largest absolute Gasteiger partial charge is 0.483 e. The van der Waals surface area contributed by atoms with Gasteiger partial charge in [-0.25, -0.2) is 0 Å². The molecule has 0 spiro atoms. The van der Waals surface area contributed by atoms with E-state index >= 15 is 0 Å². The first-order valence-corrected chi connectivity index (χ1v) is 7.48. The summed E-state index contributed by atoms with van der Waals surface area (Å²) in [5, 5.41) is 3.07. The maximum Gasteiger partial charge on any atom is 0.255 e. The number of ether oxygens (including phenoxy) is 1. The number of carbonyl (C=O) groups is 2. The third-order valence-corrected chi connectivity index (χ3v) is 3.69. The van der Waals surface area contributed by atoms with Crippen molar-refractivity contribution in [2.75, 3.05) is 6.61 Å². The number of nitrogens with two attached hydrogens (primary N) is 1. The summed E-state index contributed by atoms with van der Waals surface area (Å²) in [6.45, 7) is -0.228. The Kier molecular flexibility index (Phi) is 5.60. The summed E-state index contributed by atoms with van der Waals surface area (Å²) in [5.74, 6) is -0.321. The van der Waals surface area contributed by atoms with Gasteiger partial charge in [0.25, 0.3) is 11.8 Å². The first kappa shape index (κ1) is 15.4. The Morgan fingerprint density at radius 3 is 2.48 bits per heavy atom. The van der Waals surface area contributed by atoms with Crippen molar-refractivity contribution in [1.29, 1.82) is 0 Å². The Hall–Kier alpha value is -2.04. The van der Waals surface area contributed by atoms with Crippen molar-refractivity contribution in [1.82, 2.24) is 5.32 Å². The van der Waals surface area contributed by atoms with Crippen molar-refractivity contribution in [3.63, 3.8) is 0 Å². The molecule has 0 aromatic heterocycles. The molecule has 1 aliphatic rings. The first-order chi connectivity index (χ1) is 10.2. The second-order valence-electron chi connectivity index (χ2n) is 5.41. The van der Waals surface area contributed by atoms with E-state index in [0.717, 1.165) is 25.7 Å². The minimum Gasteiger partial charge on any atom is -0.483 e. The van der Waals surface area contributed by atoms with Gasteiger partial charge < -0.3 is 15.8 Å². The maximum absolute atomic E-state index is 12.4. The summed E-state index contributed by atoms with van der Waals surface area (Å²) in [6, 6.07) is 7.13. The predicted molar refractivity (Wildman–Crippen MR) is 80.1 cm³/mol. The van der Waals surface area contributed by atoms with E-state index in [1.54, 1.807) is 24.3 Å². The highest BCUT2D eigenvalue weighted by Gasteiger charge is 2.18. The molecule has 2 amide bonds. The van der Waals surface area contributed by atoms with Gasteiger partial charge in [0, 0.05) is 6.04 Å². The van der Waals surface area contributed by atoms with Gasteiger partial charge in [-0.1, -0.05) is 37.8 Å². The molecule has 0 aliphatic heterocycles. The van der Waals surface area contributed by atoms with E-state index in [1.165, 1.54) is 12.8 Å². The molecule has 0 radical (unpaired) electrons. The molecular formula is C16H22N2O3. The molecule has 1 aliphatic carbocycles. The molecule has 1 aromatic carbocycles. The highest BCUT2D eigenvalue weighted by atomic mass is 16.5. The standard InChI is InChI=1S/C16H22N2O3/c17-15(19)11-21-14-10-6-5-9-13(14)16(20)18-12-7-3-1-2-4-8-12/h5-6,9-10,12H,1-4,7-8,11H2,(H2,17,19)(H,18,20). The smallest absolute Gasteiger partial charge is 0.255 e. The minimum absolute atomic E-state index is 0.151. The number of primary amides is 1. The lowest BCUT2D eigenvalue weighted by molar-refractivity contribution is -0.119. The zero-order valence-electron chi connectivity index (χ0n) is 12.1. The van der Waals surface area contributed by atoms with Gasteiger partial charge in [0.1, 0.15) is 5.75 Å². The number of para-hydroxylation sites is 1. The fourth-order valence-electron chi connectivity index (χ4n) is 2.62. The fraction of sp³-hybridized carbons (Fsp3) is 0.500. The van der Waals surface area contributed by atoms with Gasteiger partial charge in [0.15, 0.2) is 6.61 Å². The van der Waals surface area contributed by atoms with E-state index in [2.05, 4.69) is 5.32 Å². The van der Waals surface area contributed by atoms with Crippen LogP contribution in [0.25, 0.3) is 0 Å². The Morgan fingerprint density at radius 2 is 1.81 bits per heavy atom. The molecule has 1 saturated carbocycles. The van der Waals surface area contributed by atoms with Crippen LogP contribution in [0.4, 0.5) is 0 Å². The molecule has 21 heavy (non-hydrogen) atoms. The average molecular weight is 290 g/mol. The molecule has 0 atom stereocenters. The predicted octanol–water partition coefficient (Wildman–Crippen LogP) is 2.00. The van der Waals surface area contributed by atoms with Crippen LogP contribution in [0.2, 0.25) is 0 Å². The van der Waals surface area contributed by atoms with Gasteiger partial charge in [-0.3, -0.25) is 9.59 Å². The molecule has 0 saturated heterocycles. The summed E-state index contributed by atoms with van der Waals surface area (Å²) in [4.78, 5) is 23.2. The van der Waals surface area contributed by atoms with Crippen molar-refractivity contribution in [2.45, 2.75) is 44.6 Å². The monoisotopic (exact) mass is 290 g/mol. The fourth-order valence-corrected chi connectivity index (χ4v) is 2.62. The van der Waals surface area contributed by atoms with Crippen LogP contribution >= 0.6 is 0 Å². The van der Waals surface area contributed by atoms with E-state index < -0.39 is 5.91 Å². The molecule has 3 N–H and O–H groups in total. The minimum atomic E-state index is -0.561. The Bertz CT molecular complexity index is 494. The zero-order chi connectivity index (χ0) is 15.1. The van der Waals surface area contributed by atoms with E-state index in [1.807, 2.05) is 0 Å². The summed E-state index contributed by atoms with van der Waals surface area (Å²) in [6.07, 6.45) is 6.84. The lowest BCUT2D eigenvalue weighted by Gasteiger charge is -2.17. The normalized spacial score (nSPS) is 16.0. The molecule has 5 nitrogen and oxygen atoms in total. The third-order valence-electron chi connectivity index (χ3n) is 3.69. The molecule has 2 rings (SSSR count). The second-order valence-corrected chi connectivity index (χ2v) is 5.41. The lowest BCUT2D eigenvalue weighted by atomic mass is 10.1. The van der Waals surface area contributed by atoms with Gasteiger partial charge >= 0.3 is 0 Å². The Morgan fingerprint density at radius 1 is 1.14 bits per heavy atom. The van der Waals surface area contributed by atoms with E-state index in [-0.39, 0.29) is 18.6 Å². The van der Waals surface area contributed by atoms with Crippen LogP contribution in [0, 0.1) is 0 Å². The molecule has 1 fully saturated rings. The van der Waals surface area contributed by atoms with Crippen molar-refractivity contribution < 1.29 is 14.3 Å². The molecule has 1 aromatic rings. The lowest BCUT2D eigenvalue weighted by Crippen LogP contribution is -2.34. The number of benzene rings is 1. The molecule has 114 valence electrons. The van der Waals surface area contributed by atoms with Crippen LogP contribution in [0.3, 0.4) is 0 Å². The van der Waals surface area contributed by atoms with Crippen molar-refractivity contribution in [2.24, 2.45) is 5.73 Å². The van der Waals surface area contributed by atoms with Gasteiger partial charge in [-0.2, -0.15) is 0 Å². The number of carbonyl (C=O) groups excluding carboxylic acids is 2. The van der Waals surface area contributed by atoms with Crippen molar-refractivity contribution in [3.8, 4) is 5.75 Å². The van der Waals surface area contributed by atoms with E-state index in [9.17, 15) is 9.59 Å². The van der Waals surface area contributed by atoms with E-state index in [4.69, 9.17) is 10.5 Å². The van der Waals surface area contributed by atoms with Crippen LogP contribution in [-0.2, 0) is 4.79 Å². The summed E-state index contributed by atoms with van der Waals surface area (Å²) in [7, 11) is 0. The summed E-state index contributed by atoms with van der Waals surface area (Å²) < 4.78 is 5.30. The molecule has 5 heteroatoms. The van der Waals surface area contributed by atoms with Crippen LogP contribution in [0.5, 0.6) is 5.75 Å². The quantitative estimate of drug-likeness (QED) is 0.814. The van der Waals surface area contributed by atoms with E-state index in [0.29, 0.717) is 11.3 Å². The molecule has 0 bridgehead atoms. The van der Waals surface area contributed by atoms with Crippen LogP contribution in [0.1, 0.15) is 48.9 Å². The van der Waals surface area contributed by atoms with Crippen molar-refractivity contribution >= 4 is 11.8 Å². The van der Waals surface area contributed by atoms with Crippen molar-refractivity contribution in [3.05, 3.63) is 29.8 Å². The topological polar surface area (TPSA) is 81.4 Å². The van der Waals surface area contributed by atoms with Crippen LogP contribution in [0.15, 0.2) is 24.3 Å². The molecule has 0 unspecified atom stereocenters. The Labute approximate surface area is 124 Å². The second kappa shape index (κ2) is 7.67. The number of rotatable bonds is 5. The average Bonchev–Trinajstić information content (AvgIpc) is 2.74. The maximum atomic E-state index is 12.4. The number of amides is 2. The molecular weight excluding hydrogens is 268 g/mol. The Balaban J connectivity index is 2.02. The van der Waals surface area contributed by atoms with Gasteiger partial charge in [0.2, 0.25) is 0 Å². The first-order valence-electron chi connectivity index (χ1n) is 7.48. The zero-order valence-corrected chi connectivity index (χ0v) is 12.1. The third kappa shape index (κ3) is 4.77. The number of hydrogen-bond donors (Lipinski definition) is 2. The summed E-state index contributed by atoms with van der Waals surface area (Å²) in [5.41, 5.74) is 5.52.